The molecule has 16 heavy (non-hydrogen) atoms. The van der Waals surface area contributed by atoms with E-state index in [9.17, 15) is 9.59 Å². The number of likely N-dealkylation sites (tertiary alicyclic amines) is 1. The molecule has 1 aliphatic rings. The molecule has 4 heteroatoms. The predicted molar refractivity (Wildman–Crippen MR) is 67.6 cm³/mol. The van der Waals surface area contributed by atoms with Gasteiger partial charge in [-0.05, 0) is 18.1 Å². The minimum absolute atomic E-state index is 0.196. The molecule has 1 saturated heterocycles. The van der Waals surface area contributed by atoms with Crippen molar-refractivity contribution in [1.29, 1.82) is 0 Å². The second-order valence-corrected chi connectivity index (χ2v) is 5.76. The quantitative estimate of drug-likeness (QED) is 0.693. The summed E-state index contributed by atoms with van der Waals surface area (Å²) in [6.45, 7) is 5.64. The summed E-state index contributed by atoms with van der Waals surface area (Å²) in [5.74, 6) is 2.81. The van der Waals surface area contributed by atoms with Gasteiger partial charge in [0.1, 0.15) is 5.78 Å². The van der Waals surface area contributed by atoms with Crippen LogP contribution in [-0.2, 0) is 9.59 Å². The Kier molecular flexibility index (Phi) is 5.88. The van der Waals surface area contributed by atoms with Gasteiger partial charge < -0.3 is 4.90 Å². The summed E-state index contributed by atoms with van der Waals surface area (Å²) in [4.78, 5) is 24.6. The second kappa shape index (κ2) is 6.94. The van der Waals surface area contributed by atoms with E-state index in [4.69, 9.17) is 0 Å². The fraction of sp³-hybridized carbons (Fsp3) is 0.833. The smallest absolute Gasteiger partial charge is 0.232 e. The molecule has 0 atom stereocenters. The van der Waals surface area contributed by atoms with E-state index >= 15 is 0 Å². The van der Waals surface area contributed by atoms with Crippen molar-refractivity contribution in [3.05, 3.63) is 0 Å². The van der Waals surface area contributed by atoms with Crippen molar-refractivity contribution in [3.8, 4) is 0 Å². The van der Waals surface area contributed by atoms with Crippen LogP contribution in [0.1, 0.15) is 33.1 Å². The van der Waals surface area contributed by atoms with Gasteiger partial charge in [-0.25, -0.2) is 0 Å². The SMILES string of the molecule is CC(C)CCSCC(=O)N1CCC(=O)CC1. The van der Waals surface area contributed by atoms with Gasteiger partial charge in [0, 0.05) is 25.9 Å². The van der Waals surface area contributed by atoms with E-state index in [1.165, 1.54) is 0 Å². The molecule has 0 aromatic heterocycles. The first-order valence-electron chi connectivity index (χ1n) is 5.97. The number of ketones is 1. The van der Waals surface area contributed by atoms with Gasteiger partial charge in [0.15, 0.2) is 0 Å². The number of thioether (sulfide) groups is 1. The first kappa shape index (κ1) is 13.6. The Hall–Kier alpha value is -0.510. The molecule has 0 aromatic carbocycles. The van der Waals surface area contributed by atoms with Crippen molar-refractivity contribution in [2.45, 2.75) is 33.1 Å². The monoisotopic (exact) mass is 243 g/mol. The summed E-state index contributed by atoms with van der Waals surface area (Å²) >= 11 is 1.71. The summed E-state index contributed by atoms with van der Waals surface area (Å²) in [5, 5.41) is 0. The van der Waals surface area contributed by atoms with Crippen LogP contribution in [0.4, 0.5) is 0 Å². The molecular formula is C12H21NO2S. The van der Waals surface area contributed by atoms with Gasteiger partial charge in [0.05, 0.1) is 5.75 Å². The van der Waals surface area contributed by atoms with Gasteiger partial charge in [-0.3, -0.25) is 9.59 Å². The van der Waals surface area contributed by atoms with Gasteiger partial charge in [0.25, 0.3) is 0 Å². The number of piperidine rings is 1. The first-order chi connectivity index (χ1) is 7.59. The second-order valence-electron chi connectivity index (χ2n) is 4.65. The van der Waals surface area contributed by atoms with Crippen LogP contribution in [0.3, 0.4) is 0 Å². The summed E-state index contributed by atoms with van der Waals surface area (Å²) in [6.07, 6.45) is 2.25. The number of nitrogens with zero attached hydrogens (tertiary/aromatic N) is 1. The molecule has 0 aliphatic carbocycles. The summed E-state index contributed by atoms with van der Waals surface area (Å²) < 4.78 is 0. The Morgan fingerprint density at radius 3 is 2.56 bits per heavy atom. The fourth-order valence-electron chi connectivity index (χ4n) is 1.58. The number of hydrogen-bond acceptors (Lipinski definition) is 3. The largest absolute Gasteiger partial charge is 0.341 e. The van der Waals surface area contributed by atoms with Crippen molar-refractivity contribution in [2.75, 3.05) is 24.6 Å². The minimum atomic E-state index is 0.196. The summed E-state index contributed by atoms with van der Waals surface area (Å²) in [5.41, 5.74) is 0. The number of hydrogen-bond donors (Lipinski definition) is 0. The summed E-state index contributed by atoms with van der Waals surface area (Å²) in [7, 11) is 0. The molecule has 0 bridgehead atoms. The lowest BCUT2D eigenvalue weighted by Crippen LogP contribution is -2.39. The maximum Gasteiger partial charge on any atom is 0.232 e. The van der Waals surface area contributed by atoms with Gasteiger partial charge in [-0.2, -0.15) is 11.8 Å². The van der Waals surface area contributed by atoms with Crippen LogP contribution in [-0.4, -0.2) is 41.2 Å². The minimum Gasteiger partial charge on any atom is -0.341 e. The number of carbonyl (C=O) groups excluding carboxylic acids is 2. The molecule has 0 saturated carbocycles. The van der Waals surface area contributed by atoms with Gasteiger partial charge in [-0.1, -0.05) is 13.8 Å². The predicted octanol–water partition coefficient (Wildman–Crippen LogP) is 1.96. The number of Topliss-reactive ketones (excluding diaryl/α,β-unsaturated/α-hetero) is 1. The highest BCUT2D eigenvalue weighted by Crippen LogP contribution is 2.12. The molecule has 0 unspecified atom stereocenters. The maximum atomic E-state index is 11.7. The average molecular weight is 243 g/mol. The fourth-order valence-corrected chi connectivity index (χ4v) is 2.71. The standard InChI is InChI=1S/C12H21NO2S/c1-10(2)5-8-16-9-12(15)13-6-3-11(14)4-7-13/h10H,3-9H2,1-2H3. The lowest BCUT2D eigenvalue weighted by atomic mass is 10.1. The van der Waals surface area contributed by atoms with Crippen LogP contribution in [0.2, 0.25) is 0 Å². The Bertz CT molecular complexity index is 243. The van der Waals surface area contributed by atoms with E-state index < -0.39 is 0 Å². The zero-order valence-corrected chi connectivity index (χ0v) is 11.0. The third-order valence-corrected chi connectivity index (χ3v) is 3.71. The molecule has 1 heterocycles. The van der Waals surface area contributed by atoms with Crippen molar-refractivity contribution in [3.63, 3.8) is 0 Å². The van der Waals surface area contributed by atoms with Gasteiger partial charge >= 0.3 is 0 Å². The lowest BCUT2D eigenvalue weighted by molar-refractivity contribution is -0.132. The molecule has 92 valence electrons. The van der Waals surface area contributed by atoms with E-state index in [1.54, 1.807) is 11.8 Å². The van der Waals surface area contributed by atoms with Crippen molar-refractivity contribution < 1.29 is 9.59 Å². The van der Waals surface area contributed by atoms with E-state index in [0.29, 0.717) is 37.6 Å². The van der Waals surface area contributed by atoms with Crippen molar-refractivity contribution >= 4 is 23.5 Å². The Morgan fingerprint density at radius 1 is 1.38 bits per heavy atom. The van der Waals surface area contributed by atoms with Crippen molar-refractivity contribution in [2.24, 2.45) is 5.92 Å². The maximum absolute atomic E-state index is 11.7. The van der Waals surface area contributed by atoms with E-state index in [2.05, 4.69) is 13.8 Å². The molecule has 1 fully saturated rings. The molecule has 1 amide bonds. The molecule has 1 aliphatic heterocycles. The Balaban J connectivity index is 2.12. The normalized spacial score (nSPS) is 16.9. The Morgan fingerprint density at radius 2 is 2.00 bits per heavy atom. The topological polar surface area (TPSA) is 37.4 Å². The van der Waals surface area contributed by atoms with Crippen molar-refractivity contribution in [1.82, 2.24) is 4.90 Å². The Labute approximate surface area is 102 Å². The van der Waals surface area contributed by atoms with Crippen LogP contribution in [0.5, 0.6) is 0 Å². The zero-order valence-electron chi connectivity index (χ0n) is 10.2. The van der Waals surface area contributed by atoms with Crippen LogP contribution in [0.15, 0.2) is 0 Å². The molecule has 0 spiro atoms. The number of rotatable bonds is 5. The zero-order chi connectivity index (χ0) is 12.0. The third kappa shape index (κ3) is 5.01. The highest BCUT2D eigenvalue weighted by molar-refractivity contribution is 7.99. The lowest BCUT2D eigenvalue weighted by Gasteiger charge is -2.25. The molecule has 0 radical (unpaired) electrons. The molecular weight excluding hydrogens is 222 g/mol. The van der Waals surface area contributed by atoms with E-state index in [-0.39, 0.29) is 11.7 Å². The molecule has 1 rings (SSSR count). The van der Waals surface area contributed by atoms with Crippen LogP contribution >= 0.6 is 11.8 Å². The summed E-state index contributed by atoms with van der Waals surface area (Å²) in [6, 6.07) is 0. The molecule has 0 aromatic rings. The highest BCUT2D eigenvalue weighted by Gasteiger charge is 2.20. The van der Waals surface area contributed by atoms with Gasteiger partial charge in [-0.15, -0.1) is 0 Å². The van der Waals surface area contributed by atoms with Crippen LogP contribution in [0, 0.1) is 5.92 Å². The average Bonchev–Trinajstić information content (AvgIpc) is 2.25. The van der Waals surface area contributed by atoms with Crippen LogP contribution in [0.25, 0.3) is 0 Å². The third-order valence-electron chi connectivity index (χ3n) is 2.74. The first-order valence-corrected chi connectivity index (χ1v) is 7.12. The molecule has 3 nitrogen and oxygen atoms in total. The molecule has 0 N–H and O–H groups in total. The van der Waals surface area contributed by atoms with E-state index in [1.807, 2.05) is 4.90 Å². The highest BCUT2D eigenvalue weighted by atomic mass is 32.2. The number of carbonyl (C=O) groups is 2. The van der Waals surface area contributed by atoms with E-state index in [0.717, 1.165) is 12.2 Å². The van der Waals surface area contributed by atoms with Crippen LogP contribution < -0.4 is 0 Å². The number of amides is 1. The van der Waals surface area contributed by atoms with Gasteiger partial charge in [0.2, 0.25) is 5.91 Å².